The molecule has 150 valence electrons. The van der Waals surface area contributed by atoms with Crippen molar-refractivity contribution in [3.8, 4) is 5.75 Å². The van der Waals surface area contributed by atoms with Crippen LogP contribution in [0, 0.1) is 5.82 Å². The summed E-state index contributed by atoms with van der Waals surface area (Å²) in [6.07, 6.45) is 0. The van der Waals surface area contributed by atoms with E-state index in [-0.39, 0.29) is 18.3 Å². The second-order valence-corrected chi connectivity index (χ2v) is 7.31. The minimum Gasteiger partial charge on any atom is -0.482 e. The molecule has 0 saturated carbocycles. The van der Waals surface area contributed by atoms with Gasteiger partial charge in [-0.3, -0.25) is 4.79 Å². The van der Waals surface area contributed by atoms with Crippen LogP contribution in [0.5, 0.6) is 5.75 Å². The molecule has 0 heterocycles. The summed E-state index contributed by atoms with van der Waals surface area (Å²) < 4.78 is 18.4. The third kappa shape index (κ3) is 6.26. The number of carbonyl (C=O) groups is 1. The number of hydrogen-bond donors (Lipinski definition) is 2. The quantitative estimate of drug-likeness (QED) is 0.434. The molecule has 3 rings (SSSR count). The van der Waals surface area contributed by atoms with E-state index < -0.39 is 0 Å². The molecule has 2 N–H and O–H groups in total. The molecular formula is C21H16Cl3FN2O2. The van der Waals surface area contributed by atoms with Crippen LogP contribution < -0.4 is 15.4 Å². The summed E-state index contributed by atoms with van der Waals surface area (Å²) in [4.78, 5) is 12.1. The van der Waals surface area contributed by atoms with E-state index in [1.807, 2.05) is 6.07 Å². The molecule has 3 aromatic carbocycles. The fourth-order valence-corrected chi connectivity index (χ4v) is 3.01. The van der Waals surface area contributed by atoms with Crippen LogP contribution in [0.2, 0.25) is 15.1 Å². The van der Waals surface area contributed by atoms with Gasteiger partial charge in [-0.2, -0.15) is 0 Å². The molecule has 3 aromatic rings. The van der Waals surface area contributed by atoms with Crippen molar-refractivity contribution in [3.05, 3.63) is 87.1 Å². The van der Waals surface area contributed by atoms with Crippen LogP contribution in [0.15, 0.2) is 60.7 Å². The molecule has 0 radical (unpaired) electrons. The van der Waals surface area contributed by atoms with Crippen LogP contribution in [0.3, 0.4) is 0 Å². The number of halogens is 4. The summed E-state index contributed by atoms with van der Waals surface area (Å²) in [5.41, 5.74) is 2.22. The maximum atomic E-state index is 12.9. The monoisotopic (exact) mass is 452 g/mol. The molecule has 8 heteroatoms. The molecule has 0 aliphatic heterocycles. The molecule has 1 amide bonds. The summed E-state index contributed by atoms with van der Waals surface area (Å²) in [5.74, 6) is -0.258. The van der Waals surface area contributed by atoms with Gasteiger partial charge in [-0.25, -0.2) is 4.39 Å². The van der Waals surface area contributed by atoms with Crippen molar-refractivity contribution in [3.63, 3.8) is 0 Å². The van der Waals surface area contributed by atoms with Gasteiger partial charge in [0.2, 0.25) is 0 Å². The van der Waals surface area contributed by atoms with Crippen molar-refractivity contribution in [2.24, 2.45) is 0 Å². The van der Waals surface area contributed by atoms with Crippen molar-refractivity contribution in [1.82, 2.24) is 0 Å². The highest BCUT2D eigenvalue weighted by atomic mass is 35.5. The summed E-state index contributed by atoms with van der Waals surface area (Å²) in [6.45, 7) is 0.288. The molecule has 0 saturated heterocycles. The van der Waals surface area contributed by atoms with E-state index in [9.17, 15) is 9.18 Å². The summed E-state index contributed by atoms with van der Waals surface area (Å²) in [5, 5.41) is 6.97. The van der Waals surface area contributed by atoms with Gasteiger partial charge >= 0.3 is 0 Å². The zero-order chi connectivity index (χ0) is 20.8. The second-order valence-electron chi connectivity index (χ2n) is 6.09. The number of hydrogen-bond acceptors (Lipinski definition) is 3. The van der Waals surface area contributed by atoms with Crippen LogP contribution in [0.25, 0.3) is 0 Å². The molecule has 0 aliphatic rings. The Labute approximate surface area is 182 Å². The van der Waals surface area contributed by atoms with Gasteiger partial charge in [-0.05, 0) is 60.2 Å². The van der Waals surface area contributed by atoms with Crippen molar-refractivity contribution < 1.29 is 13.9 Å². The molecule has 29 heavy (non-hydrogen) atoms. The van der Waals surface area contributed by atoms with E-state index in [4.69, 9.17) is 39.5 Å². The van der Waals surface area contributed by atoms with Crippen LogP contribution in [0.4, 0.5) is 15.8 Å². The fourth-order valence-electron chi connectivity index (χ4n) is 2.46. The average Bonchev–Trinajstić information content (AvgIpc) is 2.69. The molecular weight excluding hydrogens is 438 g/mol. The Hall–Kier alpha value is -2.47. The van der Waals surface area contributed by atoms with Gasteiger partial charge in [0, 0.05) is 17.9 Å². The van der Waals surface area contributed by atoms with Crippen molar-refractivity contribution in [2.45, 2.75) is 6.54 Å². The van der Waals surface area contributed by atoms with Gasteiger partial charge in [0.05, 0.1) is 15.1 Å². The largest absolute Gasteiger partial charge is 0.482 e. The topological polar surface area (TPSA) is 50.4 Å². The predicted octanol–water partition coefficient (Wildman–Crippen LogP) is 6.42. The fraction of sp³-hybridized carbons (Fsp3) is 0.0952. The zero-order valence-corrected chi connectivity index (χ0v) is 17.3. The Morgan fingerprint density at radius 3 is 2.28 bits per heavy atom. The van der Waals surface area contributed by atoms with Crippen molar-refractivity contribution >= 4 is 52.1 Å². The average molecular weight is 454 g/mol. The molecule has 0 aliphatic carbocycles. The first-order chi connectivity index (χ1) is 13.9. The lowest BCUT2D eigenvalue weighted by Gasteiger charge is -2.11. The third-order valence-corrected chi connectivity index (χ3v) is 4.93. The normalized spacial score (nSPS) is 10.5. The van der Waals surface area contributed by atoms with Crippen molar-refractivity contribution in [2.75, 3.05) is 17.2 Å². The lowest BCUT2D eigenvalue weighted by Crippen LogP contribution is -2.20. The van der Waals surface area contributed by atoms with Gasteiger partial charge in [0.15, 0.2) is 6.61 Å². The van der Waals surface area contributed by atoms with E-state index in [2.05, 4.69) is 10.6 Å². The summed E-state index contributed by atoms with van der Waals surface area (Å²) in [7, 11) is 0. The number of nitrogens with one attached hydrogen (secondary N) is 2. The Bertz CT molecular complexity index is 1010. The Balaban J connectivity index is 1.52. The van der Waals surface area contributed by atoms with E-state index in [0.717, 1.165) is 11.3 Å². The van der Waals surface area contributed by atoms with Crippen LogP contribution in [-0.4, -0.2) is 12.5 Å². The second kappa shape index (κ2) is 9.83. The highest BCUT2D eigenvalue weighted by molar-refractivity contribution is 6.42. The number of benzene rings is 3. The van der Waals surface area contributed by atoms with Crippen LogP contribution in [-0.2, 0) is 11.3 Å². The Morgan fingerprint density at radius 1 is 0.862 bits per heavy atom. The van der Waals surface area contributed by atoms with Gasteiger partial charge in [-0.1, -0.05) is 40.9 Å². The first-order valence-electron chi connectivity index (χ1n) is 8.56. The van der Waals surface area contributed by atoms with Gasteiger partial charge in [0.25, 0.3) is 5.91 Å². The summed E-state index contributed by atoms with van der Waals surface area (Å²) in [6, 6.07) is 16.1. The molecule has 4 nitrogen and oxygen atoms in total. The highest BCUT2D eigenvalue weighted by Crippen LogP contribution is 2.27. The first-order valence-corrected chi connectivity index (χ1v) is 9.69. The first kappa shape index (κ1) is 21.2. The van der Waals surface area contributed by atoms with Crippen LogP contribution >= 0.6 is 34.8 Å². The Morgan fingerprint density at radius 2 is 1.59 bits per heavy atom. The molecule has 0 spiro atoms. The van der Waals surface area contributed by atoms with Gasteiger partial charge < -0.3 is 15.4 Å². The maximum absolute atomic E-state index is 12.9. The standard InChI is InChI=1S/C21H16Cl3FN2O2/c22-17-7-6-16(10-18(17)23)27-21(28)12-29-20-8-1-13(9-19(20)24)11-26-15-4-2-14(25)3-5-15/h1-10,26H,11-12H2,(H,27,28). The molecule has 0 aromatic heterocycles. The number of ether oxygens (including phenoxy) is 1. The number of carbonyl (C=O) groups excluding carboxylic acids is 1. The van der Waals surface area contributed by atoms with Crippen molar-refractivity contribution in [1.29, 1.82) is 0 Å². The molecule has 0 fully saturated rings. The SMILES string of the molecule is O=C(COc1ccc(CNc2ccc(F)cc2)cc1Cl)Nc1ccc(Cl)c(Cl)c1. The zero-order valence-electron chi connectivity index (χ0n) is 15.0. The van der Waals surface area contributed by atoms with Gasteiger partial charge in [-0.15, -0.1) is 0 Å². The van der Waals surface area contributed by atoms with E-state index in [1.165, 1.54) is 12.1 Å². The molecule has 0 unspecified atom stereocenters. The summed E-state index contributed by atoms with van der Waals surface area (Å²) >= 11 is 18.0. The number of amides is 1. The van der Waals surface area contributed by atoms with E-state index in [1.54, 1.807) is 42.5 Å². The lowest BCUT2D eigenvalue weighted by molar-refractivity contribution is -0.118. The highest BCUT2D eigenvalue weighted by Gasteiger charge is 2.09. The minimum absolute atomic E-state index is 0.215. The molecule has 0 bridgehead atoms. The smallest absolute Gasteiger partial charge is 0.262 e. The van der Waals surface area contributed by atoms with E-state index in [0.29, 0.717) is 33.0 Å². The lowest BCUT2D eigenvalue weighted by atomic mass is 10.2. The Kier molecular flexibility index (Phi) is 7.20. The molecule has 0 atom stereocenters. The maximum Gasteiger partial charge on any atom is 0.262 e. The number of rotatable bonds is 7. The predicted molar refractivity (Wildman–Crippen MR) is 116 cm³/mol. The third-order valence-electron chi connectivity index (χ3n) is 3.90. The van der Waals surface area contributed by atoms with Crippen LogP contribution in [0.1, 0.15) is 5.56 Å². The van der Waals surface area contributed by atoms with E-state index >= 15 is 0 Å². The van der Waals surface area contributed by atoms with Gasteiger partial charge in [0.1, 0.15) is 11.6 Å². The minimum atomic E-state index is -0.360. The number of anilines is 2.